The van der Waals surface area contributed by atoms with E-state index in [2.05, 4.69) is 36.6 Å². The van der Waals surface area contributed by atoms with Gasteiger partial charge in [0, 0.05) is 23.8 Å². The van der Waals surface area contributed by atoms with Crippen LogP contribution in [0.1, 0.15) is 0 Å². The Labute approximate surface area is 141 Å². The highest BCUT2D eigenvalue weighted by molar-refractivity contribution is 9.10. The van der Waals surface area contributed by atoms with Crippen molar-refractivity contribution in [2.75, 3.05) is 10.6 Å². The van der Waals surface area contributed by atoms with E-state index in [0.29, 0.717) is 11.6 Å². The maximum Gasteiger partial charge on any atom is 0.326 e. The van der Waals surface area contributed by atoms with E-state index in [9.17, 15) is 4.79 Å². The average molecular weight is 372 g/mol. The second-order valence-electron chi connectivity index (χ2n) is 4.84. The molecule has 23 heavy (non-hydrogen) atoms. The van der Waals surface area contributed by atoms with Gasteiger partial charge in [-0.25, -0.2) is 9.78 Å². The molecule has 6 nitrogen and oxygen atoms in total. The van der Waals surface area contributed by atoms with Crippen molar-refractivity contribution in [1.82, 2.24) is 14.8 Å². The van der Waals surface area contributed by atoms with E-state index >= 15 is 0 Å². The number of carbonyl (C=O) groups excluding carboxylic acids is 1. The Morgan fingerprint density at radius 2 is 1.83 bits per heavy atom. The number of benzene rings is 1. The molecule has 0 aliphatic carbocycles. The lowest BCUT2D eigenvalue weighted by molar-refractivity contribution is 0.262. The number of carbonyl (C=O) groups is 1. The van der Waals surface area contributed by atoms with Gasteiger partial charge in [0.1, 0.15) is 5.82 Å². The molecule has 0 unspecified atom stereocenters. The summed E-state index contributed by atoms with van der Waals surface area (Å²) < 4.78 is 2.56. The van der Waals surface area contributed by atoms with Crippen molar-refractivity contribution in [3.8, 4) is 11.3 Å². The third-order valence-corrected chi connectivity index (χ3v) is 3.65. The molecule has 2 aromatic heterocycles. The van der Waals surface area contributed by atoms with Crippen molar-refractivity contribution in [3.05, 3.63) is 59.2 Å². The highest BCUT2D eigenvalue weighted by Crippen LogP contribution is 2.21. The van der Waals surface area contributed by atoms with E-state index in [4.69, 9.17) is 0 Å². The zero-order valence-corrected chi connectivity index (χ0v) is 13.9. The first kappa shape index (κ1) is 15.2. The molecule has 0 aliphatic rings. The Balaban J connectivity index is 1.72. The summed E-state index contributed by atoms with van der Waals surface area (Å²) in [4.78, 5) is 16.1. The molecule has 7 heteroatoms. The Morgan fingerprint density at radius 3 is 2.57 bits per heavy atom. The van der Waals surface area contributed by atoms with Crippen LogP contribution in [0.3, 0.4) is 0 Å². The highest BCUT2D eigenvalue weighted by atomic mass is 79.9. The number of halogens is 1. The summed E-state index contributed by atoms with van der Waals surface area (Å²) in [6.45, 7) is 0. The molecule has 3 rings (SSSR count). The number of aryl methyl sites for hydroxylation is 1. The maximum atomic E-state index is 12.0. The molecule has 0 radical (unpaired) electrons. The lowest BCUT2D eigenvalue weighted by Gasteiger charge is -2.04. The van der Waals surface area contributed by atoms with Gasteiger partial charge in [-0.3, -0.25) is 15.3 Å². The van der Waals surface area contributed by atoms with Crippen molar-refractivity contribution >= 4 is 33.6 Å². The number of amides is 2. The number of nitrogens with one attached hydrogen (secondary N) is 2. The second kappa shape index (κ2) is 6.62. The van der Waals surface area contributed by atoms with Gasteiger partial charge in [-0.1, -0.05) is 46.3 Å². The summed E-state index contributed by atoms with van der Waals surface area (Å²) in [5.74, 6) is 0.926. The minimum absolute atomic E-state index is 0.395. The fourth-order valence-corrected chi connectivity index (χ4v) is 2.48. The smallest absolute Gasteiger partial charge is 0.292 e. The van der Waals surface area contributed by atoms with Crippen LogP contribution in [0.5, 0.6) is 0 Å². The highest BCUT2D eigenvalue weighted by Gasteiger charge is 2.10. The van der Waals surface area contributed by atoms with Gasteiger partial charge in [0.25, 0.3) is 0 Å². The van der Waals surface area contributed by atoms with Gasteiger partial charge in [0.05, 0.1) is 5.69 Å². The van der Waals surface area contributed by atoms with Crippen molar-refractivity contribution in [3.63, 3.8) is 0 Å². The fraction of sp³-hybridized carbons (Fsp3) is 0.0625. The molecular formula is C16H14BrN5O. The molecule has 0 fully saturated rings. The second-order valence-corrected chi connectivity index (χ2v) is 5.76. The number of rotatable bonds is 3. The number of anilines is 2. The minimum atomic E-state index is -0.395. The van der Waals surface area contributed by atoms with E-state index in [1.165, 1.54) is 0 Å². The zero-order chi connectivity index (χ0) is 16.2. The summed E-state index contributed by atoms with van der Waals surface area (Å²) in [7, 11) is 1.83. The number of urea groups is 1. The lowest BCUT2D eigenvalue weighted by atomic mass is 10.1. The molecule has 0 bridgehead atoms. The van der Waals surface area contributed by atoms with Gasteiger partial charge in [-0.05, 0) is 17.7 Å². The van der Waals surface area contributed by atoms with E-state index in [0.717, 1.165) is 15.7 Å². The predicted molar refractivity (Wildman–Crippen MR) is 93.2 cm³/mol. The van der Waals surface area contributed by atoms with Crippen molar-refractivity contribution in [2.24, 2.45) is 7.05 Å². The summed E-state index contributed by atoms with van der Waals surface area (Å²) in [6, 6.07) is 14.8. The van der Waals surface area contributed by atoms with Gasteiger partial charge >= 0.3 is 6.03 Å². The van der Waals surface area contributed by atoms with Crippen LogP contribution in [0.4, 0.5) is 16.4 Å². The van der Waals surface area contributed by atoms with Gasteiger partial charge in [0.15, 0.2) is 5.82 Å². The molecule has 0 saturated carbocycles. The standard InChI is InChI=1S/C16H14BrN5O/c1-22-13(11-5-3-2-4-6-11)10-15(21-22)20-16(23)19-14-9-12(17)7-8-18-14/h2-10H,1H3,(H2,18,19,20,21,23). The minimum Gasteiger partial charge on any atom is -0.292 e. The van der Waals surface area contributed by atoms with E-state index in [-0.39, 0.29) is 0 Å². The number of pyridine rings is 1. The Bertz CT molecular complexity index is 831. The Kier molecular flexibility index (Phi) is 4.38. The van der Waals surface area contributed by atoms with Gasteiger partial charge in [-0.2, -0.15) is 5.10 Å². The van der Waals surface area contributed by atoms with Crippen LogP contribution >= 0.6 is 15.9 Å². The predicted octanol–water partition coefficient (Wildman–Crippen LogP) is 3.89. The molecule has 1 aromatic carbocycles. The van der Waals surface area contributed by atoms with Crippen LogP contribution in [0.15, 0.2) is 59.2 Å². The Morgan fingerprint density at radius 1 is 1.09 bits per heavy atom. The normalized spacial score (nSPS) is 10.3. The first-order valence-corrected chi connectivity index (χ1v) is 7.70. The molecule has 0 atom stereocenters. The molecule has 116 valence electrons. The average Bonchev–Trinajstić information content (AvgIpc) is 2.88. The van der Waals surface area contributed by atoms with Crippen LogP contribution in [-0.4, -0.2) is 20.8 Å². The fourth-order valence-electron chi connectivity index (χ4n) is 2.14. The largest absolute Gasteiger partial charge is 0.326 e. The number of nitrogens with zero attached hydrogens (tertiary/aromatic N) is 3. The van der Waals surface area contributed by atoms with Crippen LogP contribution in [0.2, 0.25) is 0 Å². The summed E-state index contributed by atoms with van der Waals surface area (Å²) >= 11 is 3.33. The van der Waals surface area contributed by atoms with Crippen LogP contribution in [0.25, 0.3) is 11.3 Å². The number of hydrogen-bond donors (Lipinski definition) is 2. The summed E-state index contributed by atoms with van der Waals surface area (Å²) in [5.41, 5.74) is 1.95. The van der Waals surface area contributed by atoms with Crippen molar-refractivity contribution < 1.29 is 4.79 Å². The topological polar surface area (TPSA) is 71.8 Å². The Hall–Kier alpha value is -2.67. The van der Waals surface area contributed by atoms with Gasteiger partial charge in [-0.15, -0.1) is 0 Å². The van der Waals surface area contributed by atoms with Crippen molar-refractivity contribution in [2.45, 2.75) is 0 Å². The molecular weight excluding hydrogens is 358 g/mol. The summed E-state index contributed by atoms with van der Waals surface area (Å²) in [6.07, 6.45) is 1.61. The first-order valence-electron chi connectivity index (χ1n) is 6.91. The van der Waals surface area contributed by atoms with E-state index in [1.807, 2.05) is 43.4 Å². The van der Waals surface area contributed by atoms with Gasteiger partial charge in [0.2, 0.25) is 0 Å². The molecule has 2 heterocycles. The van der Waals surface area contributed by atoms with E-state index < -0.39 is 6.03 Å². The molecule has 2 amide bonds. The third-order valence-electron chi connectivity index (χ3n) is 3.15. The summed E-state index contributed by atoms with van der Waals surface area (Å²) in [5, 5.41) is 9.66. The lowest BCUT2D eigenvalue weighted by Crippen LogP contribution is -2.20. The third kappa shape index (κ3) is 3.75. The first-order chi connectivity index (χ1) is 11.1. The molecule has 0 saturated heterocycles. The van der Waals surface area contributed by atoms with Crippen molar-refractivity contribution in [1.29, 1.82) is 0 Å². The zero-order valence-electron chi connectivity index (χ0n) is 12.3. The quantitative estimate of drug-likeness (QED) is 0.733. The molecule has 3 aromatic rings. The molecule has 0 aliphatic heterocycles. The molecule has 0 spiro atoms. The van der Waals surface area contributed by atoms with E-state index in [1.54, 1.807) is 23.0 Å². The maximum absolute atomic E-state index is 12.0. The van der Waals surface area contributed by atoms with Gasteiger partial charge < -0.3 is 0 Å². The number of hydrogen-bond acceptors (Lipinski definition) is 3. The monoisotopic (exact) mass is 371 g/mol. The van der Waals surface area contributed by atoms with Crippen LogP contribution < -0.4 is 10.6 Å². The SMILES string of the molecule is Cn1nc(NC(=O)Nc2cc(Br)ccn2)cc1-c1ccccc1. The van der Waals surface area contributed by atoms with Crippen LogP contribution in [0, 0.1) is 0 Å². The van der Waals surface area contributed by atoms with Crippen LogP contribution in [-0.2, 0) is 7.05 Å². The molecule has 2 N–H and O–H groups in total. The number of aromatic nitrogens is 3.